The number of carbonyl (C=O) groups is 2. The zero-order chi connectivity index (χ0) is 25.5. The highest BCUT2D eigenvalue weighted by Gasteiger charge is 2.28. The number of nitrogens with one attached hydrogen (secondary N) is 1. The molecule has 1 aliphatic rings. The van der Waals surface area contributed by atoms with Crippen LogP contribution in [0.15, 0.2) is 72.8 Å². The van der Waals surface area contributed by atoms with Crippen LogP contribution in [0.1, 0.15) is 63.1 Å². The number of nitrogens with two attached hydrogens (primary N) is 1. The van der Waals surface area contributed by atoms with Gasteiger partial charge in [0.25, 0.3) is 11.8 Å². The fourth-order valence-electron chi connectivity index (χ4n) is 4.48. The normalized spacial score (nSPS) is 16.9. The average molecular weight is 478 g/mol. The molecule has 0 aliphatic heterocycles. The third kappa shape index (κ3) is 5.96. The largest absolute Gasteiger partial charge is 0.331 e. The molecule has 36 heavy (non-hydrogen) atoms. The van der Waals surface area contributed by atoms with E-state index in [0.29, 0.717) is 34.5 Å². The Hall–Kier alpha value is -4.46. The standard InChI is InChI=1S/C29H27N5O2/c30-17-20-4-8-23(9-5-20)28(35)33-26-3-1-2-22(16-26)19-34(27-14-12-25(32)13-15-27)29(36)24-10-6-21(18-31)7-11-24/h1-11,16,25,27H,12-15,19,32H2,(H,33,35). The second-order valence-electron chi connectivity index (χ2n) is 9.03. The highest BCUT2D eigenvalue weighted by molar-refractivity contribution is 6.04. The maximum Gasteiger partial charge on any atom is 0.255 e. The van der Waals surface area contributed by atoms with Gasteiger partial charge in [-0.1, -0.05) is 12.1 Å². The molecule has 4 rings (SSSR count). The van der Waals surface area contributed by atoms with Crippen LogP contribution >= 0.6 is 0 Å². The molecule has 3 aromatic carbocycles. The minimum absolute atomic E-state index is 0.0600. The van der Waals surface area contributed by atoms with E-state index >= 15 is 0 Å². The van der Waals surface area contributed by atoms with Crippen LogP contribution in [0.4, 0.5) is 5.69 Å². The van der Waals surface area contributed by atoms with Crippen molar-refractivity contribution in [1.82, 2.24) is 4.90 Å². The van der Waals surface area contributed by atoms with Crippen LogP contribution in [0, 0.1) is 22.7 Å². The number of hydrogen-bond acceptors (Lipinski definition) is 5. The molecule has 0 saturated heterocycles. The molecule has 0 atom stereocenters. The molecule has 1 saturated carbocycles. The Bertz CT molecular complexity index is 1310. The van der Waals surface area contributed by atoms with Gasteiger partial charge in [0.05, 0.1) is 23.3 Å². The highest BCUT2D eigenvalue weighted by Crippen LogP contribution is 2.26. The number of benzene rings is 3. The second kappa shape index (κ2) is 11.3. The van der Waals surface area contributed by atoms with Gasteiger partial charge in [-0.15, -0.1) is 0 Å². The van der Waals surface area contributed by atoms with Crippen molar-refractivity contribution < 1.29 is 9.59 Å². The zero-order valence-corrected chi connectivity index (χ0v) is 19.9. The van der Waals surface area contributed by atoms with Crippen molar-refractivity contribution in [2.45, 2.75) is 44.3 Å². The molecule has 3 N–H and O–H groups in total. The number of carbonyl (C=O) groups excluding carboxylic acids is 2. The summed E-state index contributed by atoms with van der Waals surface area (Å²) < 4.78 is 0. The maximum atomic E-state index is 13.5. The number of nitriles is 2. The Morgan fingerprint density at radius 3 is 2.03 bits per heavy atom. The van der Waals surface area contributed by atoms with E-state index in [0.717, 1.165) is 31.2 Å². The third-order valence-electron chi connectivity index (χ3n) is 6.52. The zero-order valence-electron chi connectivity index (χ0n) is 19.9. The lowest BCUT2D eigenvalue weighted by atomic mass is 9.90. The van der Waals surface area contributed by atoms with Crippen molar-refractivity contribution in [2.75, 3.05) is 5.32 Å². The van der Waals surface area contributed by atoms with E-state index in [1.165, 1.54) is 0 Å². The number of nitrogens with zero attached hydrogens (tertiary/aromatic N) is 3. The minimum atomic E-state index is -0.275. The van der Waals surface area contributed by atoms with Crippen molar-refractivity contribution in [3.63, 3.8) is 0 Å². The fraction of sp³-hybridized carbons (Fsp3) is 0.241. The minimum Gasteiger partial charge on any atom is -0.331 e. The van der Waals surface area contributed by atoms with Gasteiger partial charge in [-0.2, -0.15) is 10.5 Å². The second-order valence-corrected chi connectivity index (χ2v) is 9.03. The first kappa shape index (κ1) is 24.7. The van der Waals surface area contributed by atoms with Crippen LogP contribution in [-0.4, -0.2) is 28.8 Å². The summed E-state index contributed by atoms with van der Waals surface area (Å²) in [6.07, 6.45) is 3.39. The number of rotatable bonds is 6. The summed E-state index contributed by atoms with van der Waals surface area (Å²) in [6.45, 7) is 0.388. The van der Waals surface area contributed by atoms with Crippen molar-refractivity contribution in [2.24, 2.45) is 5.73 Å². The Morgan fingerprint density at radius 2 is 1.44 bits per heavy atom. The Labute approximate surface area is 210 Å². The van der Waals surface area contributed by atoms with Crippen LogP contribution in [-0.2, 0) is 6.54 Å². The average Bonchev–Trinajstić information content (AvgIpc) is 2.92. The van der Waals surface area contributed by atoms with Crippen molar-refractivity contribution in [3.8, 4) is 12.1 Å². The van der Waals surface area contributed by atoms with Gasteiger partial charge in [0, 0.05) is 35.4 Å². The first-order chi connectivity index (χ1) is 17.5. The summed E-state index contributed by atoms with van der Waals surface area (Å²) in [7, 11) is 0. The van der Waals surface area contributed by atoms with E-state index in [1.54, 1.807) is 54.6 Å². The van der Waals surface area contributed by atoms with E-state index in [-0.39, 0.29) is 23.9 Å². The predicted molar refractivity (Wildman–Crippen MR) is 137 cm³/mol. The molecule has 180 valence electrons. The lowest BCUT2D eigenvalue weighted by molar-refractivity contribution is 0.0606. The molecular formula is C29H27N5O2. The van der Waals surface area contributed by atoms with Gasteiger partial charge in [0.15, 0.2) is 0 Å². The summed E-state index contributed by atoms with van der Waals surface area (Å²) in [4.78, 5) is 28.1. The van der Waals surface area contributed by atoms with E-state index in [4.69, 9.17) is 16.3 Å². The van der Waals surface area contributed by atoms with Crippen LogP contribution < -0.4 is 11.1 Å². The number of amides is 2. The molecule has 0 heterocycles. The first-order valence-electron chi connectivity index (χ1n) is 11.9. The molecule has 1 fully saturated rings. The summed E-state index contributed by atoms with van der Waals surface area (Å²) in [6, 6.07) is 24.9. The van der Waals surface area contributed by atoms with Gasteiger partial charge in [-0.25, -0.2) is 0 Å². The third-order valence-corrected chi connectivity index (χ3v) is 6.52. The van der Waals surface area contributed by atoms with E-state index in [2.05, 4.69) is 11.4 Å². The molecule has 0 radical (unpaired) electrons. The van der Waals surface area contributed by atoms with Crippen molar-refractivity contribution in [3.05, 3.63) is 101 Å². The Kier molecular flexibility index (Phi) is 7.75. The molecule has 0 unspecified atom stereocenters. The Balaban J connectivity index is 1.53. The topological polar surface area (TPSA) is 123 Å². The van der Waals surface area contributed by atoms with E-state index in [9.17, 15) is 9.59 Å². The lowest BCUT2D eigenvalue weighted by Crippen LogP contribution is -2.43. The van der Waals surface area contributed by atoms with E-state index < -0.39 is 0 Å². The van der Waals surface area contributed by atoms with Gasteiger partial charge in [0.2, 0.25) is 0 Å². The van der Waals surface area contributed by atoms with Crippen LogP contribution in [0.5, 0.6) is 0 Å². The van der Waals surface area contributed by atoms with Crippen LogP contribution in [0.2, 0.25) is 0 Å². The maximum absolute atomic E-state index is 13.5. The van der Waals surface area contributed by atoms with Crippen molar-refractivity contribution in [1.29, 1.82) is 10.5 Å². The molecule has 3 aromatic rings. The van der Waals surface area contributed by atoms with Gasteiger partial charge in [0.1, 0.15) is 0 Å². The molecule has 1 aliphatic carbocycles. The Morgan fingerprint density at radius 1 is 0.861 bits per heavy atom. The molecule has 0 spiro atoms. The molecule has 7 heteroatoms. The quantitative estimate of drug-likeness (QED) is 0.537. The van der Waals surface area contributed by atoms with Gasteiger partial charge in [-0.05, 0) is 91.9 Å². The lowest BCUT2D eigenvalue weighted by Gasteiger charge is -2.36. The van der Waals surface area contributed by atoms with Gasteiger partial charge < -0.3 is 16.0 Å². The summed E-state index contributed by atoms with van der Waals surface area (Å²) in [5.41, 5.74) is 9.61. The molecule has 0 aromatic heterocycles. The predicted octanol–water partition coefficient (Wildman–Crippen LogP) is 4.59. The molecule has 7 nitrogen and oxygen atoms in total. The van der Waals surface area contributed by atoms with E-state index in [1.807, 2.05) is 29.2 Å². The monoisotopic (exact) mass is 477 g/mol. The number of anilines is 1. The summed E-state index contributed by atoms with van der Waals surface area (Å²) >= 11 is 0. The SMILES string of the molecule is N#Cc1ccc(C(=O)Nc2cccc(CN(C(=O)c3ccc(C#N)cc3)C3CCC(N)CC3)c2)cc1. The van der Waals surface area contributed by atoms with Gasteiger partial charge >= 0.3 is 0 Å². The summed E-state index contributed by atoms with van der Waals surface area (Å²) in [5.74, 6) is -0.365. The fourth-order valence-corrected chi connectivity index (χ4v) is 4.48. The highest BCUT2D eigenvalue weighted by atomic mass is 16.2. The first-order valence-corrected chi connectivity index (χ1v) is 11.9. The van der Waals surface area contributed by atoms with Gasteiger partial charge in [-0.3, -0.25) is 9.59 Å². The molecule has 2 amide bonds. The molecule has 0 bridgehead atoms. The van der Waals surface area contributed by atoms with Crippen LogP contribution in [0.25, 0.3) is 0 Å². The van der Waals surface area contributed by atoms with Crippen molar-refractivity contribution >= 4 is 17.5 Å². The summed E-state index contributed by atoms with van der Waals surface area (Å²) in [5, 5.41) is 20.9. The smallest absolute Gasteiger partial charge is 0.255 e. The molecular weight excluding hydrogens is 450 g/mol. The van der Waals surface area contributed by atoms with Crippen LogP contribution in [0.3, 0.4) is 0 Å². The number of hydrogen-bond donors (Lipinski definition) is 2.